The van der Waals surface area contributed by atoms with Crippen molar-refractivity contribution >= 4 is 17.5 Å². The zero-order valence-corrected chi connectivity index (χ0v) is 21.4. The summed E-state index contributed by atoms with van der Waals surface area (Å²) in [6, 6.07) is 9.10. The van der Waals surface area contributed by atoms with Crippen molar-refractivity contribution in [3.63, 3.8) is 0 Å². The smallest absolute Gasteiger partial charge is 0.347 e. The van der Waals surface area contributed by atoms with E-state index >= 15 is 0 Å². The zero-order chi connectivity index (χ0) is 26.8. The van der Waals surface area contributed by atoms with Crippen LogP contribution in [0, 0.1) is 17.2 Å². The first kappa shape index (κ1) is 27.3. The Bertz CT molecular complexity index is 1190. The average Bonchev–Trinajstić information content (AvgIpc) is 3.02. The summed E-state index contributed by atoms with van der Waals surface area (Å²) in [4.78, 5) is 29.0. The lowest BCUT2D eigenvalue weighted by Gasteiger charge is -2.32. The van der Waals surface area contributed by atoms with Gasteiger partial charge < -0.3 is 4.90 Å². The van der Waals surface area contributed by atoms with Gasteiger partial charge in [0, 0.05) is 30.4 Å². The highest BCUT2D eigenvalue weighted by Crippen LogP contribution is 2.47. The van der Waals surface area contributed by atoms with E-state index in [4.69, 9.17) is 0 Å². The molecule has 36 heavy (non-hydrogen) atoms. The van der Waals surface area contributed by atoms with E-state index in [9.17, 15) is 28.0 Å². The number of carbonyl (C=O) groups is 2. The molecule has 192 valence electrons. The van der Waals surface area contributed by atoms with Crippen LogP contribution in [0.3, 0.4) is 0 Å². The monoisotopic (exact) mass is 499 g/mol. The molecule has 0 radical (unpaired) electrons. The minimum atomic E-state index is -5.04. The quantitative estimate of drug-likeness (QED) is 0.331. The molecule has 2 aliphatic rings. The normalized spacial score (nSPS) is 20.9. The molecule has 0 saturated carbocycles. The Kier molecular flexibility index (Phi) is 7.82. The largest absolute Gasteiger partial charge is 0.418 e. The Morgan fingerprint density at radius 1 is 1.11 bits per heavy atom. The van der Waals surface area contributed by atoms with Gasteiger partial charge in [-0.05, 0) is 36.1 Å². The van der Waals surface area contributed by atoms with Gasteiger partial charge in [0.2, 0.25) is 0 Å². The number of rotatable bonds is 7. The highest BCUT2D eigenvalue weighted by atomic mass is 19.4. The molecule has 0 N–H and O–H groups in total. The summed E-state index contributed by atoms with van der Waals surface area (Å²) in [6.45, 7) is 7.83. The second-order valence-corrected chi connectivity index (χ2v) is 9.83. The van der Waals surface area contributed by atoms with Gasteiger partial charge >= 0.3 is 6.18 Å². The number of likely N-dealkylation sites (N-methyl/N-ethyl adjacent to an activating group) is 1. The van der Waals surface area contributed by atoms with Crippen LogP contribution in [0.5, 0.6) is 0 Å². The van der Waals surface area contributed by atoms with Crippen LogP contribution in [0.25, 0.3) is 0 Å². The molecule has 1 aromatic rings. The molecular formula is C28H32F3N3O2. The number of imide groups is 1. The van der Waals surface area contributed by atoms with Crippen molar-refractivity contribution in [2.75, 3.05) is 18.5 Å². The number of anilines is 1. The van der Waals surface area contributed by atoms with Crippen LogP contribution in [0.2, 0.25) is 0 Å². The number of hydrogen-bond acceptors (Lipinski definition) is 4. The fourth-order valence-corrected chi connectivity index (χ4v) is 5.08. The zero-order valence-electron chi connectivity index (χ0n) is 21.4. The number of amides is 2. The van der Waals surface area contributed by atoms with Crippen molar-refractivity contribution in [3.8, 4) is 6.07 Å². The van der Waals surface area contributed by atoms with Gasteiger partial charge in [0.1, 0.15) is 11.6 Å². The van der Waals surface area contributed by atoms with Crippen LogP contribution >= 0.6 is 0 Å². The highest BCUT2D eigenvalue weighted by Gasteiger charge is 2.49. The van der Waals surface area contributed by atoms with E-state index in [1.54, 1.807) is 0 Å². The molecule has 0 saturated heterocycles. The molecule has 3 rings (SSSR count). The molecule has 2 aliphatic heterocycles. The van der Waals surface area contributed by atoms with Crippen molar-refractivity contribution in [1.82, 2.24) is 4.90 Å². The van der Waals surface area contributed by atoms with Crippen molar-refractivity contribution in [2.24, 2.45) is 5.92 Å². The number of fused-ring (bicyclic) bond motifs is 1. The molecule has 1 unspecified atom stereocenters. The summed E-state index contributed by atoms with van der Waals surface area (Å²) in [6.07, 6.45) is 0.770. The molecule has 0 aromatic heterocycles. The first-order chi connectivity index (χ1) is 16.9. The fraction of sp³-hybridized carbons (Fsp3) is 0.464. The maximum atomic E-state index is 14.1. The van der Waals surface area contributed by atoms with Gasteiger partial charge in [-0.15, -0.1) is 0 Å². The van der Waals surface area contributed by atoms with Crippen LogP contribution in [0.4, 0.5) is 18.9 Å². The third-order valence-electron chi connectivity index (χ3n) is 7.18. The second-order valence-electron chi connectivity index (χ2n) is 9.83. The van der Waals surface area contributed by atoms with Gasteiger partial charge in [0.05, 0.1) is 11.1 Å². The predicted molar refractivity (Wildman–Crippen MR) is 133 cm³/mol. The number of alkyl halides is 3. The minimum absolute atomic E-state index is 0.0186. The lowest BCUT2D eigenvalue weighted by atomic mass is 9.83. The van der Waals surface area contributed by atoms with Crippen LogP contribution in [-0.4, -0.2) is 36.5 Å². The van der Waals surface area contributed by atoms with Crippen LogP contribution in [0.1, 0.15) is 58.9 Å². The van der Waals surface area contributed by atoms with E-state index < -0.39 is 40.1 Å². The van der Waals surface area contributed by atoms with Gasteiger partial charge in [-0.1, -0.05) is 65.2 Å². The third kappa shape index (κ3) is 4.84. The number of para-hydroxylation sites is 1. The Morgan fingerprint density at radius 2 is 1.78 bits per heavy atom. The summed E-state index contributed by atoms with van der Waals surface area (Å²) >= 11 is 0. The van der Waals surface area contributed by atoms with Crippen LogP contribution < -0.4 is 4.90 Å². The molecule has 0 bridgehead atoms. The number of nitrogens with zero attached hydrogens (tertiary/aromatic N) is 3. The predicted octanol–water partition coefficient (Wildman–Crippen LogP) is 6.19. The Hall–Kier alpha value is -3.34. The first-order valence-electron chi connectivity index (χ1n) is 12.2. The highest BCUT2D eigenvalue weighted by molar-refractivity contribution is 6.18. The van der Waals surface area contributed by atoms with E-state index in [2.05, 4.69) is 0 Å². The summed E-state index contributed by atoms with van der Waals surface area (Å²) in [5.74, 6) is -2.26. The van der Waals surface area contributed by atoms with Crippen LogP contribution in [0.15, 0.2) is 58.8 Å². The van der Waals surface area contributed by atoms with Crippen LogP contribution in [-0.2, 0) is 15.0 Å². The van der Waals surface area contributed by atoms with Gasteiger partial charge in [-0.3, -0.25) is 14.5 Å². The Morgan fingerprint density at radius 3 is 2.33 bits per heavy atom. The number of nitriles is 1. The number of carbonyl (C=O) groups excluding carboxylic acids is 2. The van der Waals surface area contributed by atoms with Crippen molar-refractivity contribution in [3.05, 3.63) is 64.4 Å². The summed E-state index contributed by atoms with van der Waals surface area (Å²) < 4.78 is 42.4. The number of unbranched alkanes of at least 4 members (excludes halogenated alkanes) is 1. The van der Waals surface area contributed by atoms with Crippen molar-refractivity contribution < 1.29 is 22.8 Å². The maximum absolute atomic E-state index is 14.1. The van der Waals surface area contributed by atoms with E-state index in [0.717, 1.165) is 41.5 Å². The molecule has 2 amide bonds. The lowest BCUT2D eigenvalue weighted by Crippen LogP contribution is -2.47. The fourth-order valence-electron chi connectivity index (χ4n) is 5.08. The average molecular weight is 500 g/mol. The molecule has 5 nitrogen and oxygen atoms in total. The first-order valence-corrected chi connectivity index (χ1v) is 12.2. The summed E-state index contributed by atoms with van der Waals surface area (Å²) in [7, 11) is 1.82. The molecule has 0 fully saturated rings. The molecular weight excluding hydrogens is 467 g/mol. The number of hydrogen-bond donors (Lipinski definition) is 0. The molecule has 1 atom stereocenters. The molecule has 0 aliphatic carbocycles. The van der Waals surface area contributed by atoms with E-state index in [-0.39, 0.29) is 12.5 Å². The number of benzene rings is 1. The van der Waals surface area contributed by atoms with E-state index in [1.165, 1.54) is 12.1 Å². The molecule has 8 heteroatoms. The van der Waals surface area contributed by atoms with Gasteiger partial charge in [-0.2, -0.15) is 18.4 Å². The van der Waals surface area contributed by atoms with Gasteiger partial charge in [0.15, 0.2) is 0 Å². The number of allylic oxidation sites excluding steroid dienone is 3. The SMILES string of the molecule is CCCCC(CC)CN1C(=O)C(C#N)=C(C(F)(F)F)/C(=C/C=C2/N(C)c3ccccc3C2(C)C)C1=O. The molecule has 2 heterocycles. The second kappa shape index (κ2) is 10.3. The molecule has 1 aromatic carbocycles. The maximum Gasteiger partial charge on any atom is 0.418 e. The van der Waals surface area contributed by atoms with E-state index in [1.807, 2.05) is 63.9 Å². The van der Waals surface area contributed by atoms with Gasteiger partial charge in [0.25, 0.3) is 11.8 Å². The standard InChI is InChI=1S/C28H32F3N3O2/c1-6-8-11-18(7-2)17-34-25(35)19(24(28(29,30)31)20(16-32)26(34)36)14-15-23-27(3,4)21-12-9-10-13-22(21)33(23)5/h9-10,12-15,18H,6-8,11,17H2,1-5H3/b19-14-,23-15+. The Balaban J connectivity index is 2.14. The third-order valence-corrected chi connectivity index (χ3v) is 7.18. The van der Waals surface area contributed by atoms with Crippen molar-refractivity contribution in [1.29, 1.82) is 5.26 Å². The Labute approximate surface area is 210 Å². The topological polar surface area (TPSA) is 64.4 Å². The van der Waals surface area contributed by atoms with Crippen molar-refractivity contribution in [2.45, 2.75) is 65.0 Å². The summed E-state index contributed by atoms with van der Waals surface area (Å²) in [5, 5.41) is 9.56. The molecule has 0 spiro atoms. The summed E-state index contributed by atoms with van der Waals surface area (Å²) in [5.41, 5.74) is -1.09. The lowest BCUT2D eigenvalue weighted by molar-refractivity contribution is -0.144. The van der Waals surface area contributed by atoms with E-state index in [0.29, 0.717) is 12.1 Å². The minimum Gasteiger partial charge on any atom is -0.347 e. The van der Waals surface area contributed by atoms with Gasteiger partial charge in [-0.25, -0.2) is 0 Å². The number of halogens is 3.